The average Bonchev–Trinajstić information content (AvgIpc) is 2.95. The van der Waals surface area contributed by atoms with E-state index in [4.69, 9.17) is 21.1 Å². The fourth-order valence-corrected chi connectivity index (χ4v) is 3.74. The fourth-order valence-electron chi connectivity index (χ4n) is 3.53. The predicted molar refractivity (Wildman–Crippen MR) is 114 cm³/mol. The standard InChI is InChI=1S/C22H27ClN2O5/c1-13-18(14(2)24(4)19(13)22(28)30-6)20(26)15(3)25(11-12-29-5)21(27)16-9-7-8-10-17(16)23/h7-10,15H,11-12H2,1-6H3. The SMILES string of the molecule is COCCN(C(=O)c1ccccc1Cl)C(C)C(=O)c1c(C)c(C(=O)OC)n(C)c1C. The van der Waals surface area contributed by atoms with E-state index in [9.17, 15) is 14.4 Å². The van der Waals surface area contributed by atoms with E-state index in [-0.39, 0.29) is 24.8 Å². The Morgan fingerprint density at radius 2 is 1.80 bits per heavy atom. The quantitative estimate of drug-likeness (QED) is 0.469. The van der Waals surface area contributed by atoms with Crippen LogP contribution in [0.5, 0.6) is 0 Å². The van der Waals surface area contributed by atoms with Crippen LogP contribution in [0, 0.1) is 13.8 Å². The molecule has 7 nitrogen and oxygen atoms in total. The molecule has 0 aliphatic heterocycles. The third-order valence-corrected chi connectivity index (χ3v) is 5.63. The second-order valence-corrected chi connectivity index (χ2v) is 7.40. The van der Waals surface area contributed by atoms with Gasteiger partial charge in [-0.25, -0.2) is 4.79 Å². The third kappa shape index (κ3) is 4.42. The topological polar surface area (TPSA) is 77.8 Å². The molecule has 0 radical (unpaired) electrons. The normalized spacial score (nSPS) is 11.8. The first-order valence-corrected chi connectivity index (χ1v) is 9.87. The zero-order valence-electron chi connectivity index (χ0n) is 18.1. The van der Waals surface area contributed by atoms with E-state index in [1.807, 2.05) is 0 Å². The van der Waals surface area contributed by atoms with Crippen molar-refractivity contribution < 1.29 is 23.9 Å². The highest BCUT2D eigenvalue weighted by molar-refractivity contribution is 6.33. The summed E-state index contributed by atoms with van der Waals surface area (Å²) in [6, 6.07) is 5.90. The van der Waals surface area contributed by atoms with Crippen LogP contribution in [0.2, 0.25) is 5.02 Å². The molecule has 0 N–H and O–H groups in total. The van der Waals surface area contributed by atoms with E-state index in [1.165, 1.54) is 19.1 Å². The minimum absolute atomic E-state index is 0.211. The Morgan fingerprint density at radius 1 is 1.17 bits per heavy atom. The summed E-state index contributed by atoms with van der Waals surface area (Å²) in [5.41, 5.74) is 2.18. The van der Waals surface area contributed by atoms with Crippen molar-refractivity contribution in [3.05, 3.63) is 57.4 Å². The summed E-state index contributed by atoms with van der Waals surface area (Å²) in [6.07, 6.45) is 0. The van der Waals surface area contributed by atoms with E-state index in [0.29, 0.717) is 33.1 Å². The molecule has 0 aliphatic carbocycles. The van der Waals surface area contributed by atoms with Crippen molar-refractivity contribution >= 4 is 29.3 Å². The number of nitrogens with zero attached hydrogens (tertiary/aromatic N) is 2. The zero-order chi connectivity index (χ0) is 22.6. The van der Waals surface area contributed by atoms with Crippen molar-refractivity contribution in [1.82, 2.24) is 9.47 Å². The number of benzene rings is 1. The smallest absolute Gasteiger partial charge is 0.354 e. The van der Waals surface area contributed by atoms with Gasteiger partial charge in [-0.1, -0.05) is 23.7 Å². The molecule has 0 aliphatic rings. The molecule has 1 aromatic heterocycles. The molecule has 0 saturated carbocycles. The van der Waals surface area contributed by atoms with Crippen LogP contribution in [0.1, 0.15) is 49.4 Å². The summed E-state index contributed by atoms with van der Waals surface area (Å²) in [5, 5.41) is 0.310. The Balaban J connectivity index is 2.47. The summed E-state index contributed by atoms with van der Waals surface area (Å²) in [6.45, 7) is 5.59. The molecule has 1 aromatic carbocycles. The minimum Gasteiger partial charge on any atom is -0.464 e. The number of carbonyl (C=O) groups excluding carboxylic acids is 3. The van der Waals surface area contributed by atoms with Gasteiger partial charge in [-0.2, -0.15) is 0 Å². The van der Waals surface area contributed by atoms with Crippen LogP contribution in [0.25, 0.3) is 0 Å². The lowest BCUT2D eigenvalue weighted by Gasteiger charge is -2.29. The van der Waals surface area contributed by atoms with Crippen LogP contribution < -0.4 is 0 Å². The molecule has 2 rings (SSSR count). The Bertz CT molecular complexity index is 967. The lowest BCUT2D eigenvalue weighted by molar-refractivity contribution is 0.0563. The Labute approximate surface area is 181 Å². The molecule has 1 heterocycles. The van der Waals surface area contributed by atoms with Gasteiger partial charge in [-0.05, 0) is 38.5 Å². The second kappa shape index (κ2) is 9.91. The van der Waals surface area contributed by atoms with E-state index in [0.717, 1.165) is 0 Å². The molecule has 0 bridgehead atoms. The maximum absolute atomic E-state index is 13.5. The molecule has 162 valence electrons. The largest absolute Gasteiger partial charge is 0.464 e. The first-order chi connectivity index (χ1) is 14.2. The second-order valence-electron chi connectivity index (χ2n) is 7.00. The van der Waals surface area contributed by atoms with Crippen LogP contribution in [-0.4, -0.2) is 60.5 Å². The van der Waals surface area contributed by atoms with Crippen LogP contribution in [0.3, 0.4) is 0 Å². The number of amides is 1. The highest BCUT2D eigenvalue weighted by Gasteiger charge is 2.33. The third-order valence-electron chi connectivity index (χ3n) is 5.30. The number of rotatable bonds is 8. The highest BCUT2D eigenvalue weighted by Crippen LogP contribution is 2.26. The lowest BCUT2D eigenvalue weighted by Crippen LogP contribution is -2.45. The zero-order valence-corrected chi connectivity index (χ0v) is 18.9. The monoisotopic (exact) mass is 434 g/mol. The maximum Gasteiger partial charge on any atom is 0.354 e. The van der Waals surface area contributed by atoms with Gasteiger partial charge in [0.2, 0.25) is 0 Å². The Morgan fingerprint density at radius 3 is 2.37 bits per heavy atom. The van der Waals surface area contributed by atoms with Crippen molar-refractivity contribution in [3.8, 4) is 0 Å². The van der Waals surface area contributed by atoms with Crippen molar-refractivity contribution in [2.24, 2.45) is 7.05 Å². The molecule has 8 heteroatoms. The van der Waals surface area contributed by atoms with Crippen LogP contribution in [0.4, 0.5) is 0 Å². The number of Topliss-reactive ketones (excluding diaryl/α,β-unsaturated/α-hetero) is 1. The lowest BCUT2D eigenvalue weighted by atomic mass is 9.99. The summed E-state index contributed by atoms with van der Waals surface area (Å²) in [5.74, 6) is -1.15. The number of esters is 1. The molecule has 1 amide bonds. The molecule has 0 saturated heterocycles. The minimum atomic E-state index is -0.797. The van der Waals surface area contributed by atoms with E-state index in [2.05, 4.69) is 0 Å². The number of halogens is 1. The summed E-state index contributed by atoms with van der Waals surface area (Å²) < 4.78 is 11.6. The van der Waals surface area contributed by atoms with Crippen LogP contribution in [0.15, 0.2) is 24.3 Å². The number of carbonyl (C=O) groups is 3. The molecular weight excluding hydrogens is 408 g/mol. The van der Waals surface area contributed by atoms with E-state index in [1.54, 1.807) is 56.7 Å². The van der Waals surface area contributed by atoms with Gasteiger partial charge in [0.1, 0.15) is 5.69 Å². The van der Waals surface area contributed by atoms with Crippen LogP contribution in [-0.2, 0) is 16.5 Å². The van der Waals surface area contributed by atoms with Gasteiger partial charge in [-0.15, -0.1) is 0 Å². The number of aromatic nitrogens is 1. The van der Waals surface area contributed by atoms with E-state index >= 15 is 0 Å². The molecule has 1 atom stereocenters. The molecule has 0 fully saturated rings. The Kier molecular flexibility index (Phi) is 7.81. The number of hydrogen-bond donors (Lipinski definition) is 0. The van der Waals surface area contributed by atoms with Crippen LogP contribution >= 0.6 is 11.6 Å². The van der Waals surface area contributed by atoms with E-state index < -0.39 is 12.0 Å². The van der Waals surface area contributed by atoms with Gasteiger partial charge < -0.3 is 18.9 Å². The molecule has 2 aromatic rings. The Hall–Kier alpha value is -2.64. The molecule has 1 unspecified atom stereocenters. The van der Waals surface area contributed by atoms with Gasteiger partial charge in [0.15, 0.2) is 5.78 Å². The highest BCUT2D eigenvalue weighted by atomic mass is 35.5. The molecular formula is C22H27ClN2O5. The van der Waals surface area contributed by atoms with Crippen molar-refractivity contribution in [3.63, 3.8) is 0 Å². The van der Waals surface area contributed by atoms with Crippen molar-refractivity contribution in [1.29, 1.82) is 0 Å². The molecule has 30 heavy (non-hydrogen) atoms. The summed E-state index contributed by atoms with van der Waals surface area (Å²) >= 11 is 6.21. The van der Waals surface area contributed by atoms with Crippen molar-refractivity contribution in [2.75, 3.05) is 27.4 Å². The predicted octanol–water partition coefficient (Wildman–Crippen LogP) is 3.44. The van der Waals surface area contributed by atoms with Gasteiger partial charge >= 0.3 is 5.97 Å². The van der Waals surface area contributed by atoms with Gasteiger partial charge in [-0.3, -0.25) is 9.59 Å². The van der Waals surface area contributed by atoms with Gasteiger partial charge in [0.05, 0.1) is 30.3 Å². The van der Waals surface area contributed by atoms with Gasteiger partial charge in [0.25, 0.3) is 5.91 Å². The van der Waals surface area contributed by atoms with Crippen molar-refractivity contribution in [2.45, 2.75) is 26.8 Å². The number of ketones is 1. The average molecular weight is 435 g/mol. The fraction of sp³-hybridized carbons (Fsp3) is 0.409. The van der Waals surface area contributed by atoms with Gasteiger partial charge in [0, 0.05) is 32.0 Å². The first-order valence-electron chi connectivity index (χ1n) is 9.50. The number of methoxy groups -OCH3 is 2. The number of ether oxygens (including phenoxy) is 2. The number of hydrogen-bond acceptors (Lipinski definition) is 5. The summed E-state index contributed by atoms with van der Waals surface area (Å²) in [7, 11) is 4.52. The maximum atomic E-state index is 13.5. The summed E-state index contributed by atoms with van der Waals surface area (Å²) in [4.78, 5) is 40.3. The molecule has 0 spiro atoms. The first kappa shape index (κ1) is 23.6.